The zero-order valence-corrected chi connectivity index (χ0v) is 22.2. The Balaban J connectivity index is 1.53. The Morgan fingerprint density at radius 3 is 2.44 bits per heavy atom. The quantitative estimate of drug-likeness (QED) is 0.304. The summed E-state index contributed by atoms with van der Waals surface area (Å²) in [5.41, 5.74) is 3.46. The number of hydrogen-bond acceptors (Lipinski definition) is 5. The van der Waals surface area contributed by atoms with Crippen LogP contribution in [0.5, 0.6) is 0 Å². The highest BCUT2D eigenvalue weighted by Crippen LogP contribution is 2.35. The van der Waals surface area contributed by atoms with Gasteiger partial charge in [-0.1, -0.05) is 0 Å². The first kappa shape index (κ1) is 27.2. The monoisotopic (exact) mass is 561 g/mol. The van der Waals surface area contributed by atoms with E-state index < -0.39 is 28.7 Å². The molecule has 2 aromatic heterocycles. The molecule has 206 valence electrons. The second-order valence-corrected chi connectivity index (χ2v) is 11.6. The number of pyridine rings is 1. The van der Waals surface area contributed by atoms with Crippen molar-refractivity contribution in [3.05, 3.63) is 83.6 Å². The number of rotatable bonds is 6. The van der Waals surface area contributed by atoms with E-state index in [9.17, 15) is 26.0 Å². The second-order valence-electron chi connectivity index (χ2n) is 9.72. The molecular formula is C27H27F4N5O2S. The van der Waals surface area contributed by atoms with Crippen LogP contribution in [-0.2, 0) is 10.0 Å². The molecule has 0 N–H and O–H groups in total. The molecule has 1 aliphatic heterocycles. The van der Waals surface area contributed by atoms with Crippen LogP contribution in [-0.4, -0.2) is 64.7 Å². The minimum Gasteiger partial charge on any atom is -0.293 e. The van der Waals surface area contributed by atoms with E-state index in [0.29, 0.717) is 11.3 Å². The molecule has 1 atom stereocenters. The molecule has 12 heteroatoms. The molecule has 1 fully saturated rings. The highest BCUT2D eigenvalue weighted by molar-refractivity contribution is 7.89. The summed E-state index contributed by atoms with van der Waals surface area (Å²) in [5, 5.41) is 5.17. The Morgan fingerprint density at radius 1 is 1.00 bits per heavy atom. The topological polar surface area (TPSA) is 71.3 Å². The lowest BCUT2D eigenvalue weighted by atomic mass is 9.96. The SMILES string of the molecule is Cc1cc2c(cnn2-c2ccc(F)cc2)cc1[C@H]1CN(S(=O)(=O)c2cnccc2C)CCN1CCC(F)(F)F. The molecule has 5 rings (SSSR count). The van der Waals surface area contributed by atoms with Gasteiger partial charge in [0.2, 0.25) is 10.0 Å². The van der Waals surface area contributed by atoms with Gasteiger partial charge >= 0.3 is 6.18 Å². The summed E-state index contributed by atoms with van der Waals surface area (Å²) in [5.74, 6) is -0.370. The van der Waals surface area contributed by atoms with Gasteiger partial charge in [-0.3, -0.25) is 9.88 Å². The Kier molecular flexibility index (Phi) is 7.21. The van der Waals surface area contributed by atoms with Crippen LogP contribution in [0.1, 0.15) is 29.2 Å². The fourth-order valence-electron chi connectivity index (χ4n) is 5.05. The van der Waals surface area contributed by atoms with Crippen LogP contribution in [0.2, 0.25) is 0 Å². The van der Waals surface area contributed by atoms with Gasteiger partial charge in [0.25, 0.3) is 0 Å². The summed E-state index contributed by atoms with van der Waals surface area (Å²) in [7, 11) is -3.92. The molecule has 0 amide bonds. The third-order valence-electron chi connectivity index (χ3n) is 7.13. The van der Waals surface area contributed by atoms with Crippen molar-refractivity contribution in [1.82, 2.24) is 24.0 Å². The summed E-state index contributed by atoms with van der Waals surface area (Å²) in [6.45, 7) is 3.48. The lowest BCUT2D eigenvalue weighted by Gasteiger charge is -2.41. The smallest absolute Gasteiger partial charge is 0.293 e. The first-order valence-corrected chi connectivity index (χ1v) is 13.8. The van der Waals surface area contributed by atoms with Crippen molar-refractivity contribution >= 4 is 20.9 Å². The predicted octanol–water partition coefficient (Wildman–Crippen LogP) is 5.18. The van der Waals surface area contributed by atoms with Gasteiger partial charge in [-0.2, -0.15) is 22.6 Å². The Labute approximate surface area is 223 Å². The van der Waals surface area contributed by atoms with Crippen LogP contribution in [0.4, 0.5) is 17.6 Å². The predicted molar refractivity (Wildman–Crippen MR) is 138 cm³/mol. The van der Waals surface area contributed by atoms with Crippen molar-refractivity contribution in [1.29, 1.82) is 0 Å². The van der Waals surface area contributed by atoms with Crippen LogP contribution >= 0.6 is 0 Å². The van der Waals surface area contributed by atoms with Gasteiger partial charge in [0.15, 0.2) is 0 Å². The molecule has 1 saturated heterocycles. The fourth-order valence-corrected chi connectivity index (χ4v) is 6.66. The van der Waals surface area contributed by atoms with Crippen molar-refractivity contribution in [3.8, 4) is 5.69 Å². The minimum atomic E-state index is -4.34. The standard InChI is InChI=1S/C27H27F4N5O2S/c1-18-7-9-32-16-26(18)39(37,38)35-12-11-34(10-8-27(29,30)31)25(17-35)23-14-20-15-33-36(24(20)13-19(23)2)22-5-3-21(28)4-6-22/h3-7,9,13-16,25H,8,10-12,17H2,1-2H3/t25-/m1/s1. The summed E-state index contributed by atoms with van der Waals surface area (Å²) < 4.78 is 83.0. The van der Waals surface area contributed by atoms with Crippen LogP contribution in [0, 0.1) is 19.7 Å². The van der Waals surface area contributed by atoms with Crippen LogP contribution < -0.4 is 0 Å². The molecule has 0 bridgehead atoms. The van der Waals surface area contributed by atoms with Crippen LogP contribution in [0.3, 0.4) is 0 Å². The summed E-state index contributed by atoms with van der Waals surface area (Å²) in [6, 6.07) is 10.6. The first-order chi connectivity index (χ1) is 18.4. The maximum absolute atomic E-state index is 13.5. The van der Waals surface area contributed by atoms with Crippen LogP contribution in [0.15, 0.2) is 66.0 Å². The highest BCUT2D eigenvalue weighted by atomic mass is 32.2. The number of nitrogens with zero attached hydrogens (tertiary/aromatic N) is 5. The number of benzene rings is 2. The van der Waals surface area contributed by atoms with E-state index in [2.05, 4.69) is 10.1 Å². The number of halogens is 4. The lowest BCUT2D eigenvalue weighted by Crippen LogP contribution is -2.51. The van der Waals surface area contributed by atoms with Gasteiger partial charge < -0.3 is 0 Å². The highest BCUT2D eigenvalue weighted by Gasteiger charge is 2.38. The molecule has 1 aliphatic rings. The van der Waals surface area contributed by atoms with Gasteiger partial charge in [-0.15, -0.1) is 0 Å². The zero-order chi connectivity index (χ0) is 27.9. The van der Waals surface area contributed by atoms with Gasteiger partial charge in [0.05, 0.1) is 23.8 Å². The van der Waals surface area contributed by atoms with E-state index in [0.717, 1.165) is 22.0 Å². The van der Waals surface area contributed by atoms with Crippen LogP contribution in [0.25, 0.3) is 16.6 Å². The number of aromatic nitrogens is 3. The fraction of sp³-hybridized carbons (Fsp3) is 0.333. The van der Waals surface area contributed by atoms with E-state index in [1.807, 2.05) is 19.1 Å². The average molecular weight is 562 g/mol. The van der Waals surface area contributed by atoms with E-state index in [1.54, 1.807) is 40.9 Å². The largest absolute Gasteiger partial charge is 0.390 e. The number of fused-ring (bicyclic) bond motifs is 1. The third kappa shape index (κ3) is 5.54. The van der Waals surface area contributed by atoms with E-state index in [-0.39, 0.29) is 36.9 Å². The van der Waals surface area contributed by atoms with Crippen molar-refractivity contribution < 1.29 is 26.0 Å². The maximum Gasteiger partial charge on any atom is 0.390 e. The Bertz CT molecular complexity index is 1600. The normalized spacial score (nSPS) is 17.6. The molecule has 0 unspecified atom stereocenters. The molecule has 4 aromatic rings. The molecule has 0 saturated carbocycles. The summed E-state index contributed by atoms with van der Waals surface area (Å²) in [6.07, 6.45) is -0.885. The van der Waals surface area contributed by atoms with Crippen molar-refractivity contribution in [2.24, 2.45) is 0 Å². The summed E-state index contributed by atoms with van der Waals surface area (Å²) >= 11 is 0. The summed E-state index contributed by atoms with van der Waals surface area (Å²) in [4.78, 5) is 5.75. The molecule has 0 spiro atoms. The van der Waals surface area contributed by atoms with E-state index in [1.165, 1.54) is 28.8 Å². The molecule has 7 nitrogen and oxygen atoms in total. The van der Waals surface area contributed by atoms with E-state index in [4.69, 9.17) is 0 Å². The van der Waals surface area contributed by atoms with Gasteiger partial charge in [0.1, 0.15) is 10.7 Å². The zero-order valence-electron chi connectivity index (χ0n) is 21.4. The number of aryl methyl sites for hydroxylation is 2. The van der Waals surface area contributed by atoms with Gasteiger partial charge in [0, 0.05) is 50.0 Å². The molecule has 0 aliphatic carbocycles. The molecule has 39 heavy (non-hydrogen) atoms. The van der Waals surface area contributed by atoms with Gasteiger partial charge in [-0.25, -0.2) is 17.5 Å². The minimum absolute atomic E-state index is 0.00697. The first-order valence-electron chi connectivity index (χ1n) is 12.4. The number of piperazine rings is 1. The lowest BCUT2D eigenvalue weighted by molar-refractivity contribution is -0.140. The second kappa shape index (κ2) is 10.3. The third-order valence-corrected chi connectivity index (χ3v) is 9.13. The number of sulfonamides is 1. The molecule has 3 heterocycles. The van der Waals surface area contributed by atoms with Gasteiger partial charge in [-0.05, 0) is 73.0 Å². The van der Waals surface area contributed by atoms with Crippen molar-refractivity contribution in [2.45, 2.75) is 37.4 Å². The average Bonchev–Trinajstić information content (AvgIpc) is 3.29. The Hall–Kier alpha value is -3.35. The number of hydrogen-bond donors (Lipinski definition) is 0. The maximum atomic E-state index is 13.5. The molecule has 2 aromatic carbocycles. The number of alkyl halides is 3. The Morgan fingerprint density at radius 2 is 1.74 bits per heavy atom. The molecular weight excluding hydrogens is 534 g/mol. The van der Waals surface area contributed by atoms with Crippen molar-refractivity contribution in [3.63, 3.8) is 0 Å². The molecule has 0 radical (unpaired) electrons. The van der Waals surface area contributed by atoms with E-state index >= 15 is 0 Å². The van der Waals surface area contributed by atoms with Crippen molar-refractivity contribution in [2.75, 3.05) is 26.2 Å².